The number of benzene rings is 2. The number of hydrogen-bond donors (Lipinski definition) is 1. The van der Waals surface area contributed by atoms with E-state index in [0.29, 0.717) is 28.5 Å². The van der Waals surface area contributed by atoms with Gasteiger partial charge in [-0.3, -0.25) is 0 Å². The molecule has 0 aliphatic carbocycles. The van der Waals surface area contributed by atoms with Crippen molar-refractivity contribution in [1.29, 1.82) is 0 Å². The van der Waals surface area contributed by atoms with E-state index in [4.69, 9.17) is 0 Å². The number of nitrogens with zero attached hydrogens (tertiary/aromatic N) is 5. The summed E-state index contributed by atoms with van der Waals surface area (Å²) in [5, 5.41) is 11.2. The Bertz CT molecular complexity index is 989. The number of para-hydroxylation sites is 1. The fourth-order valence-electron chi connectivity index (χ4n) is 2.18. The van der Waals surface area contributed by atoms with Gasteiger partial charge in [-0.05, 0) is 36.4 Å². The molecule has 2 aromatic heterocycles. The minimum absolute atomic E-state index is 0.313. The lowest BCUT2D eigenvalue weighted by molar-refractivity contribution is 0.628. The highest BCUT2D eigenvalue weighted by molar-refractivity contribution is 5.72. The Morgan fingerprint density at radius 2 is 1.62 bits per heavy atom. The van der Waals surface area contributed by atoms with E-state index in [9.17, 15) is 4.39 Å². The Morgan fingerprint density at radius 3 is 2.42 bits per heavy atom. The number of aromatic nitrogens is 5. The second kappa shape index (κ2) is 5.96. The van der Waals surface area contributed by atoms with E-state index in [0.717, 1.165) is 5.69 Å². The van der Waals surface area contributed by atoms with Crippen LogP contribution in [0.1, 0.15) is 0 Å². The Morgan fingerprint density at radius 1 is 0.833 bits per heavy atom. The molecule has 1 N–H and O–H groups in total. The van der Waals surface area contributed by atoms with Gasteiger partial charge in [-0.25, -0.2) is 14.4 Å². The molecule has 7 heteroatoms. The summed E-state index contributed by atoms with van der Waals surface area (Å²) in [6.07, 6.45) is 1.58. The van der Waals surface area contributed by atoms with Crippen LogP contribution in [-0.4, -0.2) is 25.1 Å². The van der Waals surface area contributed by atoms with Gasteiger partial charge < -0.3 is 5.32 Å². The molecule has 0 saturated heterocycles. The summed E-state index contributed by atoms with van der Waals surface area (Å²) in [7, 11) is 0. The van der Waals surface area contributed by atoms with E-state index < -0.39 is 0 Å². The quantitative estimate of drug-likeness (QED) is 0.624. The average Bonchev–Trinajstić information content (AvgIpc) is 2.63. The van der Waals surface area contributed by atoms with Crippen molar-refractivity contribution in [3.63, 3.8) is 0 Å². The summed E-state index contributed by atoms with van der Waals surface area (Å²) in [6, 6.07) is 15.5. The zero-order valence-electron chi connectivity index (χ0n) is 12.4. The van der Waals surface area contributed by atoms with E-state index >= 15 is 0 Å². The maximum Gasteiger partial charge on any atom is 0.229 e. The molecule has 0 amide bonds. The van der Waals surface area contributed by atoms with Crippen LogP contribution in [0, 0.1) is 5.82 Å². The molecule has 0 spiro atoms. The van der Waals surface area contributed by atoms with E-state index in [1.165, 1.54) is 12.1 Å². The van der Waals surface area contributed by atoms with Gasteiger partial charge in [0, 0.05) is 11.3 Å². The SMILES string of the molecule is Fc1ccc(-c2nnc3nc(Nc4ccccc4)ncc3n2)cc1. The van der Waals surface area contributed by atoms with Crippen LogP contribution in [0.3, 0.4) is 0 Å². The maximum atomic E-state index is 13.0. The third-order valence-electron chi connectivity index (χ3n) is 3.35. The van der Waals surface area contributed by atoms with Crippen molar-refractivity contribution in [2.24, 2.45) is 0 Å². The molecule has 4 rings (SSSR count). The zero-order chi connectivity index (χ0) is 16.4. The number of fused-ring (bicyclic) bond motifs is 1. The van der Waals surface area contributed by atoms with Gasteiger partial charge in [0.25, 0.3) is 0 Å². The van der Waals surface area contributed by atoms with Crippen LogP contribution < -0.4 is 5.32 Å². The fourth-order valence-corrected chi connectivity index (χ4v) is 2.18. The number of halogens is 1. The molecule has 6 nitrogen and oxygen atoms in total. The van der Waals surface area contributed by atoms with Crippen molar-refractivity contribution in [3.8, 4) is 11.4 Å². The predicted octanol–water partition coefficient (Wildman–Crippen LogP) is 3.36. The van der Waals surface area contributed by atoms with Crippen molar-refractivity contribution in [2.45, 2.75) is 0 Å². The second-order valence-corrected chi connectivity index (χ2v) is 5.04. The first-order chi connectivity index (χ1) is 11.8. The maximum absolute atomic E-state index is 13.0. The smallest absolute Gasteiger partial charge is 0.229 e. The van der Waals surface area contributed by atoms with E-state index in [1.807, 2.05) is 30.3 Å². The third-order valence-corrected chi connectivity index (χ3v) is 3.35. The molecular weight excluding hydrogens is 307 g/mol. The van der Waals surface area contributed by atoms with Crippen LogP contribution in [0.5, 0.6) is 0 Å². The Hall–Kier alpha value is -3.48. The Labute approximate surface area is 136 Å². The van der Waals surface area contributed by atoms with Crippen molar-refractivity contribution in [2.75, 3.05) is 5.32 Å². The molecule has 0 saturated carbocycles. The van der Waals surface area contributed by atoms with Crippen LogP contribution in [0.15, 0.2) is 60.8 Å². The van der Waals surface area contributed by atoms with Crippen LogP contribution in [0.4, 0.5) is 16.0 Å². The largest absolute Gasteiger partial charge is 0.324 e. The summed E-state index contributed by atoms with van der Waals surface area (Å²) in [5.74, 6) is 0.502. The molecule has 0 atom stereocenters. The van der Waals surface area contributed by atoms with Crippen LogP contribution in [0.2, 0.25) is 0 Å². The third kappa shape index (κ3) is 2.87. The minimum Gasteiger partial charge on any atom is -0.324 e. The standard InChI is InChI=1S/C17H11FN6/c18-12-8-6-11(7-9-12)15-21-14-10-19-17(22-16(14)24-23-15)20-13-4-2-1-3-5-13/h1-10H,(H,19,20,22,24). The second-order valence-electron chi connectivity index (χ2n) is 5.04. The molecule has 2 aromatic carbocycles. The average molecular weight is 318 g/mol. The van der Waals surface area contributed by atoms with Gasteiger partial charge in [0.15, 0.2) is 5.82 Å². The van der Waals surface area contributed by atoms with Crippen LogP contribution in [0.25, 0.3) is 22.6 Å². The summed E-state index contributed by atoms with van der Waals surface area (Å²) in [6.45, 7) is 0. The molecule has 0 aliphatic heterocycles. The molecule has 2 heterocycles. The van der Waals surface area contributed by atoms with E-state index in [-0.39, 0.29) is 5.82 Å². The highest BCUT2D eigenvalue weighted by Crippen LogP contribution is 2.18. The first-order valence-corrected chi connectivity index (χ1v) is 7.23. The minimum atomic E-state index is -0.313. The van der Waals surface area contributed by atoms with Gasteiger partial charge in [-0.15, -0.1) is 10.2 Å². The Kier molecular flexibility index (Phi) is 3.51. The molecule has 4 aromatic rings. The first-order valence-electron chi connectivity index (χ1n) is 7.23. The predicted molar refractivity (Wildman–Crippen MR) is 88.0 cm³/mol. The molecule has 0 fully saturated rings. The normalized spacial score (nSPS) is 10.7. The molecule has 0 bridgehead atoms. The topological polar surface area (TPSA) is 76.5 Å². The monoisotopic (exact) mass is 318 g/mol. The molecular formula is C17H11FN6. The van der Waals surface area contributed by atoms with Crippen LogP contribution >= 0.6 is 0 Å². The van der Waals surface area contributed by atoms with Crippen molar-refractivity contribution < 1.29 is 4.39 Å². The molecule has 0 radical (unpaired) electrons. The van der Waals surface area contributed by atoms with Crippen molar-refractivity contribution in [1.82, 2.24) is 25.1 Å². The van der Waals surface area contributed by atoms with E-state index in [2.05, 4.69) is 30.5 Å². The molecule has 0 aliphatic rings. The number of anilines is 2. The zero-order valence-corrected chi connectivity index (χ0v) is 12.4. The highest BCUT2D eigenvalue weighted by Gasteiger charge is 2.07. The van der Waals surface area contributed by atoms with E-state index in [1.54, 1.807) is 18.3 Å². The molecule has 24 heavy (non-hydrogen) atoms. The lowest BCUT2D eigenvalue weighted by Crippen LogP contribution is -2.01. The van der Waals surface area contributed by atoms with Crippen molar-refractivity contribution >= 4 is 22.8 Å². The van der Waals surface area contributed by atoms with Crippen LogP contribution in [-0.2, 0) is 0 Å². The van der Waals surface area contributed by atoms with Gasteiger partial charge in [-0.1, -0.05) is 18.2 Å². The first kappa shape index (κ1) is 14.1. The van der Waals surface area contributed by atoms with Gasteiger partial charge in [0.05, 0.1) is 6.20 Å². The summed E-state index contributed by atoms with van der Waals surface area (Å²) in [5.41, 5.74) is 2.45. The lowest BCUT2D eigenvalue weighted by atomic mass is 10.2. The fraction of sp³-hybridized carbons (Fsp3) is 0. The molecule has 116 valence electrons. The number of hydrogen-bond acceptors (Lipinski definition) is 6. The summed E-state index contributed by atoms with van der Waals surface area (Å²) in [4.78, 5) is 12.9. The summed E-state index contributed by atoms with van der Waals surface area (Å²) < 4.78 is 13.0. The van der Waals surface area contributed by atoms with Gasteiger partial charge >= 0.3 is 0 Å². The highest BCUT2D eigenvalue weighted by atomic mass is 19.1. The van der Waals surface area contributed by atoms with Gasteiger partial charge in [0.2, 0.25) is 11.6 Å². The van der Waals surface area contributed by atoms with Gasteiger partial charge in [0.1, 0.15) is 11.3 Å². The lowest BCUT2D eigenvalue weighted by Gasteiger charge is -2.05. The molecule has 0 unspecified atom stereocenters. The number of nitrogens with one attached hydrogen (secondary N) is 1. The van der Waals surface area contributed by atoms with Gasteiger partial charge in [-0.2, -0.15) is 4.98 Å². The Balaban J connectivity index is 1.66. The summed E-state index contributed by atoms with van der Waals surface area (Å²) >= 11 is 0. The number of rotatable bonds is 3. The van der Waals surface area contributed by atoms with Crippen molar-refractivity contribution in [3.05, 3.63) is 66.6 Å².